The Balaban J connectivity index is 1.71. The van der Waals surface area contributed by atoms with Crippen molar-refractivity contribution >= 4 is 28.2 Å². The molecule has 3 heterocycles. The number of fused-ring (bicyclic) bond motifs is 4. The summed E-state index contributed by atoms with van der Waals surface area (Å²) in [5.74, 6) is 1.13. The average molecular weight is 429 g/mol. The van der Waals surface area contributed by atoms with Crippen molar-refractivity contribution in [3.05, 3.63) is 106 Å². The van der Waals surface area contributed by atoms with Crippen LogP contribution in [0.15, 0.2) is 72.8 Å². The highest BCUT2D eigenvalue weighted by molar-refractivity contribution is 5.88. The van der Waals surface area contributed by atoms with E-state index in [0.29, 0.717) is 5.56 Å². The summed E-state index contributed by atoms with van der Waals surface area (Å²) in [7, 11) is 0. The quantitative estimate of drug-likeness (QED) is 0.341. The summed E-state index contributed by atoms with van der Waals surface area (Å²) in [5, 5.41) is 10.2. The van der Waals surface area contributed by atoms with Gasteiger partial charge >= 0.3 is 0 Å². The molecule has 0 saturated heterocycles. The first-order chi connectivity index (χ1) is 16.2. The lowest BCUT2D eigenvalue weighted by Crippen LogP contribution is -2.20. The van der Waals surface area contributed by atoms with Crippen LogP contribution in [0.2, 0.25) is 0 Å². The van der Waals surface area contributed by atoms with E-state index in [4.69, 9.17) is 4.98 Å². The van der Waals surface area contributed by atoms with Gasteiger partial charge in [-0.1, -0.05) is 60.2 Å². The molecule has 1 aliphatic heterocycles. The van der Waals surface area contributed by atoms with Gasteiger partial charge in [-0.05, 0) is 55.2 Å². The zero-order chi connectivity index (χ0) is 22.5. The third-order valence-corrected chi connectivity index (χ3v) is 6.85. The molecule has 0 fully saturated rings. The topological polar surface area (TPSA) is 44.3 Å². The molecule has 33 heavy (non-hydrogen) atoms. The van der Waals surface area contributed by atoms with Gasteiger partial charge in [0.05, 0.1) is 16.6 Å². The normalized spacial score (nSPS) is 12.9. The molecule has 5 aromatic rings. The third kappa shape index (κ3) is 3.01. The average Bonchev–Trinajstić information content (AvgIpc) is 3.43. The molecule has 6 rings (SSSR count). The summed E-state index contributed by atoms with van der Waals surface area (Å²) in [6, 6.07) is 28.0. The number of imidazole rings is 1. The number of pyridine rings is 1. The molecule has 160 valence electrons. The second-order valence-electron chi connectivity index (χ2n) is 8.87. The Labute approximate surface area is 193 Å². The Bertz CT molecular complexity index is 1570. The van der Waals surface area contributed by atoms with Gasteiger partial charge < -0.3 is 4.90 Å². The van der Waals surface area contributed by atoms with Crippen molar-refractivity contribution in [3.8, 4) is 6.07 Å². The van der Waals surface area contributed by atoms with Gasteiger partial charge in [0.2, 0.25) is 0 Å². The largest absolute Gasteiger partial charge is 0.327 e. The van der Waals surface area contributed by atoms with Crippen LogP contribution in [0.5, 0.6) is 0 Å². The maximum absolute atomic E-state index is 10.2. The highest BCUT2D eigenvalue weighted by atomic mass is 15.3. The van der Waals surface area contributed by atoms with Crippen LogP contribution in [-0.4, -0.2) is 15.9 Å². The molecule has 4 nitrogen and oxygen atoms in total. The number of nitriles is 1. The molecule has 2 aromatic heterocycles. The summed E-state index contributed by atoms with van der Waals surface area (Å²) in [6.45, 7) is 5.10. The molecular formula is C29H24N4. The first-order valence-electron chi connectivity index (χ1n) is 11.4. The number of anilines is 2. The van der Waals surface area contributed by atoms with Crippen LogP contribution in [0.1, 0.15) is 33.4 Å². The Kier molecular flexibility index (Phi) is 4.45. The number of para-hydroxylation sites is 3. The van der Waals surface area contributed by atoms with Crippen LogP contribution in [-0.2, 0) is 12.8 Å². The molecule has 0 radical (unpaired) electrons. The monoisotopic (exact) mass is 428 g/mol. The smallest absolute Gasteiger partial charge is 0.157 e. The molecule has 0 unspecified atom stereocenters. The fraction of sp³-hybridized carbons (Fsp3) is 0.172. The Morgan fingerprint density at radius 3 is 2.52 bits per heavy atom. The predicted octanol–water partition coefficient (Wildman–Crippen LogP) is 6.26. The van der Waals surface area contributed by atoms with E-state index >= 15 is 0 Å². The van der Waals surface area contributed by atoms with E-state index in [9.17, 15) is 5.26 Å². The number of rotatable bonds is 3. The molecule has 0 atom stereocenters. The lowest BCUT2D eigenvalue weighted by molar-refractivity contribution is 0.937. The Morgan fingerprint density at radius 1 is 0.939 bits per heavy atom. The van der Waals surface area contributed by atoms with Crippen molar-refractivity contribution in [2.75, 3.05) is 11.4 Å². The van der Waals surface area contributed by atoms with E-state index in [2.05, 4.69) is 83.8 Å². The first-order valence-corrected chi connectivity index (χ1v) is 11.4. The van der Waals surface area contributed by atoms with Gasteiger partial charge in [0.15, 0.2) is 5.65 Å². The lowest BCUT2D eigenvalue weighted by Gasteiger charge is -2.27. The molecule has 0 saturated carbocycles. The van der Waals surface area contributed by atoms with Crippen LogP contribution >= 0.6 is 0 Å². The van der Waals surface area contributed by atoms with E-state index in [0.717, 1.165) is 47.4 Å². The highest BCUT2D eigenvalue weighted by Crippen LogP contribution is 2.41. The van der Waals surface area contributed by atoms with E-state index in [1.165, 1.54) is 27.9 Å². The van der Waals surface area contributed by atoms with Crippen LogP contribution in [0.3, 0.4) is 0 Å². The molecule has 0 aliphatic carbocycles. The summed E-state index contributed by atoms with van der Waals surface area (Å²) in [5.41, 5.74) is 10.6. The summed E-state index contributed by atoms with van der Waals surface area (Å²) in [4.78, 5) is 7.33. The third-order valence-electron chi connectivity index (χ3n) is 6.85. The summed E-state index contributed by atoms with van der Waals surface area (Å²) < 4.78 is 2.21. The number of hydrogen-bond acceptors (Lipinski definition) is 3. The van der Waals surface area contributed by atoms with Crippen LogP contribution < -0.4 is 4.90 Å². The Hall–Kier alpha value is -4.10. The SMILES string of the molecule is Cc1ccc(Cc2c(C)c(C#N)c3nc4ccccc4n3c2N2CCc3ccccc32)cc1. The fourth-order valence-corrected chi connectivity index (χ4v) is 5.13. The van der Waals surface area contributed by atoms with E-state index in [-0.39, 0.29) is 0 Å². The number of benzene rings is 3. The van der Waals surface area contributed by atoms with Crippen LogP contribution in [0, 0.1) is 25.2 Å². The van der Waals surface area contributed by atoms with Gasteiger partial charge in [0.1, 0.15) is 11.9 Å². The van der Waals surface area contributed by atoms with Crippen molar-refractivity contribution in [3.63, 3.8) is 0 Å². The van der Waals surface area contributed by atoms with E-state index < -0.39 is 0 Å². The summed E-state index contributed by atoms with van der Waals surface area (Å²) in [6.07, 6.45) is 1.77. The molecule has 0 bridgehead atoms. The van der Waals surface area contributed by atoms with Gasteiger partial charge in [0.25, 0.3) is 0 Å². The lowest BCUT2D eigenvalue weighted by atomic mass is 9.97. The maximum atomic E-state index is 10.2. The van der Waals surface area contributed by atoms with Gasteiger partial charge in [-0.2, -0.15) is 5.26 Å². The molecule has 3 aromatic carbocycles. The fourth-order valence-electron chi connectivity index (χ4n) is 5.13. The van der Waals surface area contributed by atoms with Crippen molar-refractivity contribution in [2.45, 2.75) is 26.7 Å². The molecule has 4 heteroatoms. The number of nitrogens with zero attached hydrogens (tertiary/aromatic N) is 4. The minimum absolute atomic E-state index is 0.657. The predicted molar refractivity (Wildman–Crippen MR) is 133 cm³/mol. The molecule has 1 aliphatic rings. The second kappa shape index (κ2) is 7.50. The zero-order valence-corrected chi connectivity index (χ0v) is 18.8. The Morgan fingerprint density at radius 2 is 1.70 bits per heavy atom. The van der Waals surface area contributed by atoms with Gasteiger partial charge in [0, 0.05) is 24.2 Å². The second-order valence-corrected chi connectivity index (χ2v) is 8.87. The van der Waals surface area contributed by atoms with Gasteiger partial charge in [-0.3, -0.25) is 4.40 Å². The molecule has 0 spiro atoms. The highest BCUT2D eigenvalue weighted by Gasteiger charge is 2.28. The van der Waals surface area contributed by atoms with Crippen molar-refractivity contribution in [1.82, 2.24) is 9.38 Å². The number of aromatic nitrogens is 2. The number of aryl methyl sites for hydroxylation is 1. The van der Waals surface area contributed by atoms with Crippen LogP contribution in [0.25, 0.3) is 16.7 Å². The molecular weight excluding hydrogens is 404 g/mol. The van der Waals surface area contributed by atoms with Gasteiger partial charge in [-0.15, -0.1) is 0 Å². The van der Waals surface area contributed by atoms with Crippen molar-refractivity contribution in [1.29, 1.82) is 5.26 Å². The minimum atomic E-state index is 0.657. The maximum Gasteiger partial charge on any atom is 0.157 e. The molecule has 0 amide bonds. The summed E-state index contributed by atoms with van der Waals surface area (Å²) >= 11 is 0. The minimum Gasteiger partial charge on any atom is -0.327 e. The van der Waals surface area contributed by atoms with E-state index in [1.54, 1.807) is 0 Å². The zero-order valence-electron chi connectivity index (χ0n) is 18.8. The van der Waals surface area contributed by atoms with Crippen molar-refractivity contribution < 1.29 is 0 Å². The van der Waals surface area contributed by atoms with E-state index in [1.807, 2.05) is 18.2 Å². The first kappa shape index (κ1) is 19.6. The number of hydrogen-bond donors (Lipinski definition) is 0. The van der Waals surface area contributed by atoms with Crippen molar-refractivity contribution in [2.24, 2.45) is 0 Å². The molecule has 0 N–H and O–H groups in total. The van der Waals surface area contributed by atoms with Gasteiger partial charge in [-0.25, -0.2) is 4.98 Å². The van der Waals surface area contributed by atoms with Crippen LogP contribution in [0.4, 0.5) is 11.5 Å². The standard InChI is InChI=1S/C29H24N4/c1-19-11-13-21(14-12-19)17-23-20(2)24(18-30)28-31-25-8-4-6-10-27(25)33(28)29(23)32-16-15-22-7-3-5-9-26(22)32/h3-14H,15-17H2,1-2H3.